The van der Waals surface area contributed by atoms with Gasteiger partial charge >= 0.3 is 0 Å². The number of aromatic nitrogens is 1. The predicted octanol–water partition coefficient (Wildman–Crippen LogP) is 4.41. The lowest BCUT2D eigenvalue weighted by atomic mass is 10.2. The van der Waals surface area contributed by atoms with E-state index < -0.39 is 0 Å². The number of halogens is 2. The molecule has 1 heterocycles. The Bertz CT molecular complexity index is 649. The molecule has 2 rings (SSSR count). The van der Waals surface area contributed by atoms with Crippen LogP contribution in [0.4, 0.5) is 11.5 Å². The van der Waals surface area contributed by atoms with Crippen molar-refractivity contribution in [1.82, 2.24) is 4.98 Å². The highest BCUT2D eigenvalue weighted by atomic mass is 127. The van der Waals surface area contributed by atoms with Gasteiger partial charge in [0.05, 0.1) is 0 Å². The molecule has 1 aromatic carbocycles. The van der Waals surface area contributed by atoms with Crippen LogP contribution in [0.15, 0.2) is 36.4 Å². The van der Waals surface area contributed by atoms with Gasteiger partial charge in [-0.05, 0) is 59.3 Å². The Kier molecular flexibility index (Phi) is 5.81. The Labute approximate surface area is 142 Å². The second kappa shape index (κ2) is 7.61. The molecule has 0 saturated carbocycles. The van der Waals surface area contributed by atoms with E-state index in [1.165, 1.54) is 0 Å². The molecular weight excluding hydrogens is 401 g/mol. The van der Waals surface area contributed by atoms with Gasteiger partial charge < -0.3 is 10.6 Å². The Balaban J connectivity index is 2.16. The fraction of sp³-hybridized carbons (Fsp3) is 0.200. The number of carbonyl (C=O) groups excluding carboxylic acids is 1. The summed E-state index contributed by atoms with van der Waals surface area (Å²) in [5, 5.41) is 6.27. The van der Waals surface area contributed by atoms with Gasteiger partial charge in [0.2, 0.25) is 0 Å². The SMILES string of the molecule is CCCNc1cc(C(=O)Nc2cccc(I)c2)cc(Cl)n1. The fourth-order valence-corrected chi connectivity index (χ4v) is 2.49. The van der Waals surface area contributed by atoms with E-state index in [2.05, 4.69) is 45.1 Å². The fourth-order valence-electron chi connectivity index (χ4n) is 1.74. The lowest BCUT2D eigenvalue weighted by Crippen LogP contribution is -2.13. The number of hydrogen-bond donors (Lipinski definition) is 2. The molecule has 110 valence electrons. The highest BCUT2D eigenvalue weighted by Crippen LogP contribution is 2.17. The molecule has 0 unspecified atom stereocenters. The van der Waals surface area contributed by atoms with Gasteiger partial charge in [0.15, 0.2) is 0 Å². The van der Waals surface area contributed by atoms with Crippen LogP contribution in [-0.2, 0) is 0 Å². The summed E-state index contributed by atoms with van der Waals surface area (Å²) in [6.07, 6.45) is 0.970. The average molecular weight is 416 g/mol. The zero-order valence-corrected chi connectivity index (χ0v) is 14.4. The van der Waals surface area contributed by atoms with E-state index >= 15 is 0 Å². The summed E-state index contributed by atoms with van der Waals surface area (Å²) in [5.74, 6) is 0.401. The van der Waals surface area contributed by atoms with Gasteiger partial charge in [0.1, 0.15) is 11.0 Å². The van der Waals surface area contributed by atoms with Crippen molar-refractivity contribution in [1.29, 1.82) is 0 Å². The molecule has 0 radical (unpaired) electrons. The van der Waals surface area contributed by atoms with Crippen LogP contribution < -0.4 is 10.6 Å². The summed E-state index contributed by atoms with van der Waals surface area (Å²) in [6.45, 7) is 2.84. The number of carbonyl (C=O) groups is 1. The van der Waals surface area contributed by atoms with E-state index in [4.69, 9.17) is 11.6 Å². The van der Waals surface area contributed by atoms with E-state index in [1.54, 1.807) is 12.1 Å². The van der Waals surface area contributed by atoms with Crippen LogP contribution in [0.2, 0.25) is 5.15 Å². The van der Waals surface area contributed by atoms with Gasteiger partial charge in [-0.25, -0.2) is 4.98 Å². The molecule has 2 aromatic rings. The van der Waals surface area contributed by atoms with Crippen LogP contribution in [0.3, 0.4) is 0 Å². The van der Waals surface area contributed by atoms with Crippen LogP contribution in [0.5, 0.6) is 0 Å². The Morgan fingerprint density at radius 2 is 2.14 bits per heavy atom. The molecule has 0 spiro atoms. The molecule has 21 heavy (non-hydrogen) atoms. The maximum Gasteiger partial charge on any atom is 0.255 e. The second-order valence-corrected chi connectivity index (χ2v) is 6.09. The monoisotopic (exact) mass is 415 g/mol. The van der Waals surface area contributed by atoms with Crippen molar-refractivity contribution < 1.29 is 4.79 Å². The van der Waals surface area contributed by atoms with Gasteiger partial charge in [-0.1, -0.05) is 24.6 Å². The summed E-state index contributed by atoms with van der Waals surface area (Å²) >= 11 is 8.17. The predicted molar refractivity (Wildman–Crippen MR) is 95.1 cm³/mol. The number of amides is 1. The molecule has 0 saturated heterocycles. The molecule has 1 aromatic heterocycles. The van der Waals surface area contributed by atoms with Crippen molar-refractivity contribution in [2.75, 3.05) is 17.2 Å². The topological polar surface area (TPSA) is 54.0 Å². The maximum atomic E-state index is 12.3. The molecule has 0 fully saturated rings. The van der Waals surface area contributed by atoms with Crippen LogP contribution in [0, 0.1) is 3.57 Å². The third-order valence-corrected chi connectivity index (χ3v) is 3.56. The smallest absolute Gasteiger partial charge is 0.255 e. The van der Waals surface area contributed by atoms with Crippen molar-refractivity contribution in [3.8, 4) is 0 Å². The minimum Gasteiger partial charge on any atom is -0.370 e. The van der Waals surface area contributed by atoms with Crippen molar-refractivity contribution in [2.24, 2.45) is 0 Å². The molecule has 0 aliphatic rings. The van der Waals surface area contributed by atoms with Crippen LogP contribution >= 0.6 is 34.2 Å². The molecule has 1 amide bonds. The van der Waals surface area contributed by atoms with E-state index in [0.29, 0.717) is 16.5 Å². The highest BCUT2D eigenvalue weighted by Gasteiger charge is 2.10. The highest BCUT2D eigenvalue weighted by molar-refractivity contribution is 14.1. The first-order valence-electron chi connectivity index (χ1n) is 6.57. The number of benzene rings is 1. The molecule has 0 atom stereocenters. The van der Waals surface area contributed by atoms with Gasteiger partial charge in [-0.15, -0.1) is 0 Å². The number of nitrogens with zero attached hydrogens (tertiary/aromatic N) is 1. The van der Waals surface area contributed by atoms with E-state index in [1.807, 2.05) is 24.3 Å². The molecule has 0 aliphatic carbocycles. The summed E-state index contributed by atoms with van der Waals surface area (Å²) in [5.41, 5.74) is 1.23. The summed E-state index contributed by atoms with van der Waals surface area (Å²) < 4.78 is 1.06. The van der Waals surface area contributed by atoms with E-state index in [9.17, 15) is 4.79 Å². The number of hydrogen-bond acceptors (Lipinski definition) is 3. The lowest BCUT2D eigenvalue weighted by molar-refractivity contribution is 0.102. The van der Waals surface area contributed by atoms with Crippen LogP contribution in [0.1, 0.15) is 23.7 Å². The van der Waals surface area contributed by atoms with Gasteiger partial charge in [-0.3, -0.25) is 4.79 Å². The quantitative estimate of drug-likeness (QED) is 0.562. The average Bonchev–Trinajstić information content (AvgIpc) is 2.44. The van der Waals surface area contributed by atoms with Crippen molar-refractivity contribution in [3.63, 3.8) is 0 Å². The van der Waals surface area contributed by atoms with Gasteiger partial charge in [0, 0.05) is 21.4 Å². The zero-order chi connectivity index (χ0) is 15.2. The van der Waals surface area contributed by atoms with Crippen LogP contribution in [0.25, 0.3) is 0 Å². The van der Waals surface area contributed by atoms with Crippen molar-refractivity contribution in [3.05, 3.63) is 50.7 Å². The number of pyridine rings is 1. The largest absolute Gasteiger partial charge is 0.370 e. The summed E-state index contributed by atoms with van der Waals surface area (Å²) in [4.78, 5) is 16.4. The number of anilines is 2. The van der Waals surface area contributed by atoms with Gasteiger partial charge in [-0.2, -0.15) is 0 Å². The Morgan fingerprint density at radius 1 is 1.33 bits per heavy atom. The summed E-state index contributed by atoms with van der Waals surface area (Å²) in [7, 11) is 0. The number of nitrogens with one attached hydrogen (secondary N) is 2. The first-order chi connectivity index (χ1) is 10.1. The minimum atomic E-state index is -0.208. The van der Waals surface area contributed by atoms with Crippen molar-refractivity contribution >= 4 is 51.6 Å². The molecular formula is C15H15ClIN3O. The van der Waals surface area contributed by atoms with Gasteiger partial charge in [0.25, 0.3) is 5.91 Å². The number of rotatable bonds is 5. The Morgan fingerprint density at radius 3 is 2.86 bits per heavy atom. The molecule has 2 N–H and O–H groups in total. The minimum absolute atomic E-state index is 0.208. The van der Waals surface area contributed by atoms with E-state index in [-0.39, 0.29) is 5.91 Å². The normalized spacial score (nSPS) is 10.2. The third kappa shape index (κ3) is 4.86. The standard InChI is InChI=1S/C15H15ClIN3O/c1-2-6-18-14-8-10(7-13(16)20-14)15(21)19-12-5-3-4-11(17)9-12/h3-5,7-9H,2,6H2,1H3,(H,18,20)(H,19,21). The zero-order valence-electron chi connectivity index (χ0n) is 11.5. The lowest BCUT2D eigenvalue weighted by Gasteiger charge is -2.09. The second-order valence-electron chi connectivity index (χ2n) is 4.46. The first-order valence-corrected chi connectivity index (χ1v) is 8.02. The maximum absolute atomic E-state index is 12.3. The third-order valence-electron chi connectivity index (χ3n) is 2.69. The molecule has 0 aliphatic heterocycles. The molecule has 6 heteroatoms. The summed E-state index contributed by atoms with van der Waals surface area (Å²) in [6, 6.07) is 10.9. The van der Waals surface area contributed by atoms with E-state index in [0.717, 1.165) is 22.2 Å². The van der Waals surface area contributed by atoms with Crippen LogP contribution in [-0.4, -0.2) is 17.4 Å². The molecule has 4 nitrogen and oxygen atoms in total. The van der Waals surface area contributed by atoms with Crippen molar-refractivity contribution in [2.45, 2.75) is 13.3 Å². The Hall–Kier alpha value is -1.34. The molecule has 0 bridgehead atoms. The first kappa shape index (κ1) is 16.0.